The number of rotatable bonds is 4. The molecule has 3 heteroatoms. The first-order chi connectivity index (χ1) is 9.10. The monoisotopic (exact) mass is 384 g/mol. The van der Waals surface area contributed by atoms with Gasteiger partial charge in [-0.1, -0.05) is 61.7 Å². The fourth-order valence-corrected chi connectivity index (χ4v) is 3.08. The summed E-state index contributed by atoms with van der Waals surface area (Å²) in [7, 11) is 0. The quantitative estimate of drug-likeness (QED) is 0.599. The van der Waals surface area contributed by atoms with Gasteiger partial charge in [0.15, 0.2) is 0 Å². The van der Waals surface area contributed by atoms with Gasteiger partial charge in [0, 0.05) is 9.80 Å². The number of halogens is 3. The largest absolute Gasteiger partial charge is 0.207 e. The van der Waals surface area contributed by atoms with E-state index in [1.54, 1.807) is 12.1 Å². The van der Waals surface area contributed by atoms with E-state index in [2.05, 4.69) is 63.0 Å². The van der Waals surface area contributed by atoms with E-state index >= 15 is 0 Å². The highest BCUT2D eigenvalue weighted by molar-refractivity contribution is 9.10. The van der Waals surface area contributed by atoms with Gasteiger partial charge in [-0.25, -0.2) is 4.39 Å². The SMILES string of the molecule is Cc1ccc(C(CBr)Cc2cc(F)ccc2Br)cc1. The van der Waals surface area contributed by atoms with Crippen LogP contribution in [0.3, 0.4) is 0 Å². The molecular formula is C16H15Br2F. The van der Waals surface area contributed by atoms with Gasteiger partial charge < -0.3 is 0 Å². The van der Waals surface area contributed by atoms with Gasteiger partial charge >= 0.3 is 0 Å². The fraction of sp³-hybridized carbons (Fsp3) is 0.250. The van der Waals surface area contributed by atoms with E-state index < -0.39 is 0 Å². The molecule has 2 aromatic carbocycles. The summed E-state index contributed by atoms with van der Waals surface area (Å²) in [6, 6.07) is 13.4. The Balaban J connectivity index is 2.23. The van der Waals surface area contributed by atoms with Crippen LogP contribution in [0.4, 0.5) is 4.39 Å². The van der Waals surface area contributed by atoms with Crippen LogP contribution in [0.25, 0.3) is 0 Å². The Morgan fingerprint density at radius 2 is 1.79 bits per heavy atom. The first-order valence-corrected chi connectivity index (χ1v) is 8.08. The van der Waals surface area contributed by atoms with Gasteiger partial charge in [-0.15, -0.1) is 0 Å². The second-order valence-corrected chi connectivity index (χ2v) is 6.20. The zero-order valence-electron chi connectivity index (χ0n) is 10.7. The number of hydrogen-bond donors (Lipinski definition) is 0. The van der Waals surface area contributed by atoms with Crippen molar-refractivity contribution in [3.05, 3.63) is 69.4 Å². The Bertz CT molecular complexity index is 549. The molecule has 0 aliphatic carbocycles. The molecule has 0 aliphatic rings. The van der Waals surface area contributed by atoms with Crippen molar-refractivity contribution in [3.63, 3.8) is 0 Å². The molecule has 0 spiro atoms. The average Bonchev–Trinajstić information content (AvgIpc) is 2.41. The van der Waals surface area contributed by atoms with E-state index in [1.165, 1.54) is 17.2 Å². The van der Waals surface area contributed by atoms with Crippen LogP contribution in [0.1, 0.15) is 22.6 Å². The summed E-state index contributed by atoms with van der Waals surface area (Å²) < 4.78 is 14.3. The summed E-state index contributed by atoms with van der Waals surface area (Å²) in [5, 5.41) is 0.860. The van der Waals surface area contributed by atoms with Gasteiger partial charge in [0.25, 0.3) is 0 Å². The third kappa shape index (κ3) is 3.90. The van der Waals surface area contributed by atoms with E-state index in [9.17, 15) is 4.39 Å². The van der Waals surface area contributed by atoms with E-state index in [1.807, 2.05) is 0 Å². The van der Waals surface area contributed by atoms with Crippen molar-refractivity contribution in [3.8, 4) is 0 Å². The molecule has 0 saturated heterocycles. The van der Waals surface area contributed by atoms with Crippen molar-refractivity contribution >= 4 is 31.9 Å². The summed E-state index contributed by atoms with van der Waals surface area (Å²) in [5.41, 5.74) is 3.53. The molecule has 0 radical (unpaired) electrons. The van der Waals surface area contributed by atoms with E-state index in [4.69, 9.17) is 0 Å². The van der Waals surface area contributed by atoms with E-state index in [-0.39, 0.29) is 5.82 Å². The Hall–Kier alpha value is -0.670. The normalized spacial score (nSPS) is 12.4. The molecule has 2 aromatic rings. The Morgan fingerprint density at radius 3 is 2.42 bits per heavy atom. The second-order valence-electron chi connectivity index (χ2n) is 4.70. The Morgan fingerprint density at radius 1 is 1.11 bits per heavy atom. The highest BCUT2D eigenvalue weighted by Crippen LogP contribution is 2.27. The second kappa shape index (κ2) is 6.67. The maximum Gasteiger partial charge on any atom is 0.123 e. The maximum atomic E-state index is 13.3. The topological polar surface area (TPSA) is 0 Å². The lowest BCUT2D eigenvalue weighted by atomic mass is 9.93. The molecule has 0 heterocycles. The van der Waals surface area contributed by atoms with Crippen molar-refractivity contribution in [1.82, 2.24) is 0 Å². The van der Waals surface area contributed by atoms with Gasteiger partial charge in [0.1, 0.15) is 5.82 Å². The molecule has 0 N–H and O–H groups in total. The number of hydrogen-bond acceptors (Lipinski definition) is 0. The molecule has 0 fully saturated rings. The third-order valence-electron chi connectivity index (χ3n) is 3.21. The summed E-state index contributed by atoms with van der Waals surface area (Å²) in [6.45, 7) is 2.08. The summed E-state index contributed by atoms with van der Waals surface area (Å²) >= 11 is 7.05. The molecule has 100 valence electrons. The minimum atomic E-state index is -0.185. The molecule has 0 aromatic heterocycles. The number of alkyl halides is 1. The zero-order valence-corrected chi connectivity index (χ0v) is 13.8. The third-order valence-corrected chi connectivity index (χ3v) is 4.76. The average molecular weight is 386 g/mol. The van der Waals surface area contributed by atoms with E-state index in [0.717, 1.165) is 21.8 Å². The van der Waals surface area contributed by atoms with Gasteiger partial charge in [-0.3, -0.25) is 0 Å². The van der Waals surface area contributed by atoms with Crippen LogP contribution >= 0.6 is 31.9 Å². The summed E-state index contributed by atoms with van der Waals surface area (Å²) in [6.07, 6.45) is 0.812. The number of benzene rings is 2. The molecule has 0 saturated carbocycles. The first-order valence-electron chi connectivity index (χ1n) is 6.16. The van der Waals surface area contributed by atoms with Crippen LogP contribution in [-0.4, -0.2) is 5.33 Å². The van der Waals surface area contributed by atoms with Crippen molar-refractivity contribution in [2.24, 2.45) is 0 Å². The van der Waals surface area contributed by atoms with Gasteiger partial charge in [-0.05, 0) is 48.6 Å². The predicted octanol–water partition coefficient (Wildman–Crippen LogP) is 5.62. The first kappa shape index (κ1) is 14.7. The van der Waals surface area contributed by atoms with Crippen LogP contribution in [0.15, 0.2) is 46.9 Å². The van der Waals surface area contributed by atoms with Crippen LogP contribution in [0.5, 0.6) is 0 Å². The lowest BCUT2D eigenvalue weighted by molar-refractivity contribution is 0.623. The summed E-state index contributed by atoms with van der Waals surface area (Å²) in [5.74, 6) is 0.161. The molecule has 2 rings (SSSR count). The molecule has 0 bridgehead atoms. The van der Waals surface area contributed by atoms with Crippen LogP contribution < -0.4 is 0 Å². The highest BCUT2D eigenvalue weighted by atomic mass is 79.9. The molecule has 19 heavy (non-hydrogen) atoms. The van der Waals surface area contributed by atoms with Crippen molar-refractivity contribution in [1.29, 1.82) is 0 Å². The molecule has 0 nitrogen and oxygen atoms in total. The van der Waals surface area contributed by atoms with Crippen molar-refractivity contribution in [2.75, 3.05) is 5.33 Å². The fourth-order valence-electron chi connectivity index (χ4n) is 2.07. The lowest BCUT2D eigenvalue weighted by Gasteiger charge is -2.16. The van der Waals surface area contributed by atoms with Gasteiger partial charge in [0.2, 0.25) is 0 Å². The smallest absolute Gasteiger partial charge is 0.123 e. The van der Waals surface area contributed by atoms with Crippen LogP contribution in [0, 0.1) is 12.7 Å². The molecule has 1 atom stereocenters. The van der Waals surface area contributed by atoms with Crippen molar-refractivity contribution in [2.45, 2.75) is 19.3 Å². The predicted molar refractivity (Wildman–Crippen MR) is 85.5 cm³/mol. The van der Waals surface area contributed by atoms with Gasteiger partial charge in [0.05, 0.1) is 0 Å². The number of aryl methyl sites for hydroxylation is 1. The zero-order chi connectivity index (χ0) is 13.8. The van der Waals surface area contributed by atoms with Crippen LogP contribution in [0.2, 0.25) is 0 Å². The maximum absolute atomic E-state index is 13.3. The molecule has 0 aliphatic heterocycles. The van der Waals surface area contributed by atoms with Gasteiger partial charge in [-0.2, -0.15) is 0 Å². The Kier molecular flexibility index (Phi) is 5.17. The van der Waals surface area contributed by atoms with E-state index in [0.29, 0.717) is 5.92 Å². The molecule has 1 unspecified atom stereocenters. The van der Waals surface area contributed by atoms with Crippen molar-refractivity contribution < 1.29 is 4.39 Å². The Labute approximate surface area is 130 Å². The molecular weight excluding hydrogens is 371 g/mol. The minimum Gasteiger partial charge on any atom is -0.207 e. The highest BCUT2D eigenvalue weighted by Gasteiger charge is 2.13. The van der Waals surface area contributed by atoms with Crippen LogP contribution in [-0.2, 0) is 6.42 Å². The lowest BCUT2D eigenvalue weighted by Crippen LogP contribution is -2.05. The summed E-state index contributed by atoms with van der Waals surface area (Å²) in [4.78, 5) is 0. The minimum absolute atomic E-state index is 0.185. The molecule has 0 amide bonds. The standard InChI is InChI=1S/C16H15Br2F/c1-11-2-4-12(5-3-11)14(10-17)8-13-9-15(19)6-7-16(13)18/h2-7,9,14H,8,10H2,1H3.